The van der Waals surface area contributed by atoms with Crippen LogP contribution in [-0.2, 0) is 0 Å². The van der Waals surface area contributed by atoms with Crippen LogP contribution in [0.5, 0.6) is 0 Å². The zero-order valence-electron chi connectivity index (χ0n) is 9.24. The summed E-state index contributed by atoms with van der Waals surface area (Å²) in [5.41, 5.74) is 0.549. The minimum absolute atomic E-state index is 0.549. The topological polar surface area (TPSA) is 0 Å². The lowest BCUT2D eigenvalue weighted by Crippen LogP contribution is -2.33. The molecular weight excluding hydrogens is 143 g/mol. The van der Waals surface area contributed by atoms with Crippen LogP contribution in [0.1, 0.15) is 59.3 Å². The van der Waals surface area contributed by atoms with Crippen LogP contribution in [0.4, 0.5) is 0 Å². The van der Waals surface area contributed by atoms with Gasteiger partial charge in [0.05, 0.1) is 0 Å². The van der Waals surface area contributed by atoms with Gasteiger partial charge in [-0.05, 0) is 5.41 Å². The molecular formula is C11H23B. The zero-order valence-corrected chi connectivity index (χ0v) is 9.24. The summed E-state index contributed by atoms with van der Waals surface area (Å²) in [5, 5.41) is 0.625. The van der Waals surface area contributed by atoms with E-state index in [1.165, 1.54) is 38.5 Å². The summed E-state index contributed by atoms with van der Waals surface area (Å²) in [6, 6.07) is 0. The van der Waals surface area contributed by atoms with E-state index in [2.05, 4.69) is 28.6 Å². The Kier molecular flexibility index (Phi) is 2.90. The molecule has 70 valence electrons. The molecule has 0 N–H and O–H groups in total. The van der Waals surface area contributed by atoms with Crippen molar-refractivity contribution in [3.05, 3.63) is 0 Å². The van der Waals surface area contributed by atoms with Gasteiger partial charge in [-0.2, -0.15) is 0 Å². The van der Waals surface area contributed by atoms with Crippen LogP contribution in [-0.4, -0.2) is 7.85 Å². The molecule has 0 aromatic carbocycles. The highest BCUT2D eigenvalue weighted by Crippen LogP contribution is 2.54. The molecule has 1 aliphatic rings. The third-order valence-electron chi connectivity index (χ3n) is 4.47. The van der Waals surface area contributed by atoms with Crippen molar-refractivity contribution in [2.45, 2.75) is 64.6 Å². The molecule has 0 unspecified atom stereocenters. The van der Waals surface area contributed by atoms with Crippen LogP contribution in [0.3, 0.4) is 0 Å². The molecule has 0 aliphatic heterocycles. The lowest BCUT2D eigenvalue weighted by atomic mass is 9.47. The molecule has 0 saturated heterocycles. The largest absolute Gasteiger partial charge is 0.110 e. The van der Waals surface area contributed by atoms with Crippen LogP contribution in [0.15, 0.2) is 0 Å². The molecule has 0 radical (unpaired) electrons. The second kappa shape index (κ2) is 3.43. The molecule has 0 atom stereocenters. The molecule has 1 aliphatic carbocycles. The fourth-order valence-electron chi connectivity index (χ4n) is 2.44. The second-order valence-electron chi connectivity index (χ2n) is 5.36. The molecule has 1 heteroatoms. The van der Waals surface area contributed by atoms with E-state index in [1.807, 2.05) is 0 Å². The maximum atomic E-state index is 2.50. The standard InChI is InChI=1S/C11H23B/c1-4-10(2,3)11(12)8-6-5-7-9-11/h4-9,12H2,1-3H3. The highest BCUT2D eigenvalue weighted by Gasteiger charge is 2.39. The molecule has 12 heavy (non-hydrogen) atoms. The van der Waals surface area contributed by atoms with Crippen LogP contribution < -0.4 is 0 Å². The Bertz CT molecular complexity index is 143. The summed E-state index contributed by atoms with van der Waals surface area (Å²) < 4.78 is 0. The fourth-order valence-corrected chi connectivity index (χ4v) is 2.44. The number of hydrogen-bond acceptors (Lipinski definition) is 0. The van der Waals surface area contributed by atoms with Crippen LogP contribution in [0, 0.1) is 5.41 Å². The maximum Gasteiger partial charge on any atom is 0.110 e. The van der Waals surface area contributed by atoms with E-state index in [-0.39, 0.29) is 0 Å². The van der Waals surface area contributed by atoms with E-state index in [0.717, 1.165) is 0 Å². The summed E-state index contributed by atoms with van der Waals surface area (Å²) in [5.74, 6) is 0. The highest BCUT2D eigenvalue weighted by atomic mass is 14.4. The van der Waals surface area contributed by atoms with Gasteiger partial charge in [-0.15, -0.1) is 0 Å². The van der Waals surface area contributed by atoms with Crippen LogP contribution in [0.2, 0.25) is 5.31 Å². The molecule has 0 aromatic heterocycles. The second-order valence-corrected chi connectivity index (χ2v) is 5.36. The average molecular weight is 166 g/mol. The maximum absolute atomic E-state index is 2.50. The first-order valence-electron chi connectivity index (χ1n) is 5.52. The van der Waals surface area contributed by atoms with E-state index < -0.39 is 0 Å². The van der Waals surface area contributed by atoms with Gasteiger partial charge in [0.1, 0.15) is 7.85 Å². The minimum atomic E-state index is 0.549. The summed E-state index contributed by atoms with van der Waals surface area (Å²) in [4.78, 5) is 0. The van der Waals surface area contributed by atoms with Gasteiger partial charge in [0.2, 0.25) is 0 Å². The Balaban J connectivity index is 2.68. The molecule has 0 amide bonds. The van der Waals surface area contributed by atoms with Crippen molar-refractivity contribution >= 4 is 7.85 Å². The lowest BCUT2D eigenvalue weighted by molar-refractivity contribution is 0.171. The van der Waals surface area contributed by atoms with Crippen molar-refractivity contribution in [2.75, 3.05) is 0 Å². The Morgan fingerprint density at radius 3 is 2.08 bits per heavy atom. The van der Waals surface area contributed by atoms with Crippen molar-refractivity contribution in [3.8, 4) is 0 Å². The SMILES string of the molecule is BC1(C(C)(C)CC)CCCCC1. The van der Waals surface area contributed by atoms with E-state index >= 15 is 0 Å². The molecule has 1 rings (SSSR count). The summed E-state index contributed by atoms with van der Waals surface area (Å²) in [7, 11) is 2.50. The molecule has 1 fully saturated rings. The van der Waals surface area contributed by atoms with Gasteiger partial charge in [-0.1, -0.05) is 64.6 Å². The monoisotopic (exact) mass is 166 g/mol. The van der Waals surface area contributed by atoms with Gasteiger partial charge in [-0.3, -0.25) is 0 Å². The Morgan fingerprint density at radius 1 is 1.17 bits per heavy atom. The first-order chi connectivity index (χ1) is 5.52. The predicted molar refractivity (Wildman–Crippen MR) is 58.4 cm³/mol. The Morgan fingerprint density at radius 2 is 1.67 bits per heavy atom. The molecule has 0 spiro atoms. The molecule has 0 bridgehead atoms. The third-order valence-corrected chi connectivity index (χ3v) is 4.47. The molecule has 0 heterocycles. The quantitative estimate of drug-likeness (QED) is 0.552. The van der Waals surface area contributed by atoms with Crippen molar-refractivity contribution in [1.82, 2.24) is 0 Å². The summed E-state index contributed by atoms with van der Waals surface area (Å²) in [6.45, 7) is 7.22. The van der Waals surface area contributed by atoms with Crippen molar-refractivity contribution in [2.24, 2.45) is 5.41 Å². The third kappa shape index (κ3) is 1.70. The molecule has 0 aromatic rings. The lowest BCUT2D eigenvalue weighted by Gasteiger charge is -2.47. The smallest absolute Gasteiger partial charge is 0.0649 e. The normalized spacial score (nSPS) is 23.9. The zero-order chi connectivity index (χ0) is 9.24. The Hall–Kier alpha value is 0.0649. The van der Waals surface area contributed by atoms with Gasteiger partial charge < -0.3 is 0 Å². The minimum Gasteiger partial charge on any atom is -0.0649 e. The van der Waals surface area contributed by atoms with Crippen LogP contribution >= 0.6 is 0 Å². The van der Waals surface area contributed by atoms with Gasteiger partial charge in [0.25, 0.3) is 0 Å². The van der Waals surface area contributed by atoms with E-state index in [4.69, 9.17) is 0 Å². The summed E-state index contributed by atoms with van der Waals surface area (Å²) >= 11 is 0. The predicted octanol–water partition coefficient (Wildman–Crippen LogP) is 3.18. The fraction of sp³-hybridized carbons (Fsp3) is 1.00. The van der Waals surface area contributed by atoms with E-state index in [0.29, 0.717) is 10.7 Å². The van der Waals surface area contributed by atoms with E-state index in [9.17, 15) is 0 Å². The van der Waals surface area contributed by atoms with Gasteiger partial charge in [-0.25, -0.2) is 0 Å². The number of rotatable bonds is 2. The molecule has 1 saturated carbocycles. The van der Waals surface area contributed by atoms with Gasteiger partial charge in [0, 0.05) is 0 Å². The Labute approximate surface area is 78.5 Å². The first kappa shape index (κ1) is 10.1. The van der Waals surface area contributed by atoms with Crippen LogP contribution in [0.25, 0.3) is 0 Å². The average Bonchev–Trinajstić information content (AvgIpc) is 2.06. The van der Waals surface area contributed by atoms with Gasteiger partial charge >= 0.3 is 0 Å². The number of hydrogen-bond donors (Lipinski definition) is 0. The summed E-state index contributed by atoms with van der Waals surface area (Å²) in [6.07, 6.45) is 8.61. The van der Waals surface area contributed by atoms with Crippen molar-refractivity contribution in [1.29, 1.82) is 0 Å². The van der Waals surface area contributed by atoms with E-state index in [1.54, 1.807) is 0 Å². The molecule has 0 nitrogen and oxygen atoms in total. The van der Waals surface area contributed by atoms with Crippen molar-refractivity contribution in [3.63, 3.8) is 0 Å². The highest BCUT2D eigenvalue weighted by molar-refractivity contribution is 6.15. The van der Waals surface area contributed by atoms with Crippen molar-refractivity contribution < 1.29 is 0 Å². The van der Waals surface area contributed by atoms with Gasteiger partial charge in [0.15, 0.2) is 0 Å². The first-order valence-corrected chi connectivity index (χ1v) is 5.52.